The lowest BCUT2D eigenvalue weighted by Crippen LogP contribution is -2.14. The van der Waals surface area contributed by atoms with E-state index < -0.39 is 10.8 Å². The van der Waals surface area contributed by atoms with Crippen molar-refractivity contribution in [2.24, 2.45) is 5.92 Å². The maximum atomic E-state index is 12.1. The topological polar surface area (TPSA) is 43.1 Å². The number of hydrogen-bond acceptors (Lipinski definition) is 2. The van der Waals surface area contributed by atoms with Crippen molar-refractivity contribution in [1.29, 1.82) is 0 Å². The Morgan fingerprint density at radius 2 is 2.00 bits per heavy atom. The van der Waals surface area contributed by atoms with E-state index in [2.05, 4.69) is 0 Å². The minimum absolute atomic E-state index is 0.649. The Kier molecular flexibility index (Phi) is 3.99. The van der Waals surface area contributed by atoms with E-state index in [1.54, 1.807) is 0 Å². The van der Waals surface area contributed by atoms with Gasteiger partial charge in [-0.3, -0.25) is 4.21 Å². The lowest BCUT2D eigenvalue weighted by Gasteiger charge is -2.20. The Bertz CT molecular complexity index is 372. The summed E-state index contributed by atoms with van der Waals surface area (Å²) in [5.41, 5.74) is 6.40. The Morgan fingerprint density at radius 1 is 1.25 bits per heavy atom. The Morgan fingerprint density at radius 3 is 2.69 bits per heavy atom. The molecule has 1 aliphatic rings. The molecule has 0 bridgehead atoms. The van der Waals surface area contributed by atoms with Gasteiger partial charge in [-0.1, -0.05) is 25.3 Å². The minimum Gasteiger partial charge on any atom is -0.399 e. The van der Waals surface area contributed by atoms with Crippen LogP contribution in [0.3, 0.4) is 0 Å². The lowest BCUT2D eigenvalue weighted by molar-refractivity contribution is 0.388. The fourth-order valence-corrected chi connectivity index (χ4v) is 3.77. The van der Waals surface area contributed by atoms with Crippen molar-refractivity contribution in [3.05, 3.63) is 24.3 Å². The van der Waals surface area contributed by atoms with Crippen molar-refractivity contribution in [2.45, 2.75) is 37.0 Å². The molecule has 2 rings (SSSR count). The highest BCUT2D eigenvalue weighted by Crippen LogP contribution is 2.25. The molecule has 88 valence electrons. The van der Waals surface area contributed by atoms with Crippen molar-refractivity contribution in [1.82, 2.24) is 0 Å². The summed E-state index contributed by atoms with van der Waals surface area (Å²) in [4.78, 5) is 0.880. The van der Waals surface area contributed by atoms with Crippen molar-refractivity contribution < 1.29 is 4.21 Å². The number of nitrogen functional groups attached to an aromatic ring is 1. The molecule has 2 N–H and O–H groups in total. The summed E-state index contributed by atoms with van der Waals surface area (Å²) >= 11 is 0. The van der Waals surface area contributed by atoms with Crippen molar-refractivity contribution >= 4 is 16.5 Å². The van der Waals surface area contributed by atoms with Gasteiger partial charge in [-0.15, -0.1) is 0 Å². The van der Waals surface area contributed by atoms with Gasteiger partial charge in [-0.25, -0.2) is 0 Å². The second kappa shape index (κ2) is 5.48. The second-order valence-corrected chi connectivity index (χ2v) is 6.08. The predicted octanol–water partition coefficient (Wildman–Crippen LogP) is 2.96. The fourth-order valence-electron chi connectivity index (χ4n) is 2.32. The van der Waals surface area contributed by atoms with E-state index >= 15 is 0 Å². The van der Waals surface area contributed by atoms with Crippen LogP contribution in [0.15, 0.2) is 29.2 Å². The smallest absolute Gasteiger partial charge is 0.0533 e. The highest BCUT2D eigenvalue weighted by atomic mass is 32.2. The van der Waals surface area contributed by atoms with Crippen LogP contribution in [0.25, 0.3) is 0 Å². The summed E-state index contributed by atoms with van der Waals surface area (Å²) < 4.78 is 12.1. The first-order valence-corrected chi connectivity index (χ1v) is 7.31. The van der Waals surface area contributed by atoms with E-state index in [1.807, 2.05) is 24.3 Å². The van der Waals surface area contributed by atoms with Gasteiger partial charge >= 0.3 is 0 Å². The number of benzene rings is 1. The molecule has 2 nitrogen and oxygen atoms in total. The monoisotopic (exact) mass is 237 g/mol. The molecule has 0 radical (unpaired) electrons. The van der Waals surface area contributed by atoms with Crippen LogP contribution in [0, 0.1) is 5.92 Å². The van der Waals surface area contributed by atoms with Gasteiger partial charge in [0.15, 0.2) is 0 Å². The SMILES string of the molecule is Nc1cccc(S(=O)CC2CCCCC2)c1. The van der Waals surface area contributed by atoms with E-state index in [9.17, 15) is 4.21 Å². The van der Waals surface area contributed by atoms with Crippen LogP contribution in [0.1, 0.15) is 32.1 Å². The first-order chi connectivity index (χ1) is 7.75. The molecule has 1 aromatic carbocycles. The van der Waals surface area contributed by atoms with Gasteiger partial charge in [0, 0.05) is 16.3 Å². The molecule has 0 spiro atoms. The van der Waals surface area contributed by atoms with Crippen LogP contribution in [0.2, 0.25) is 0 Å². The summed E-state index contributed by atoms with van der Waals surface area (Å²) in [7, 11) is -0.871. The van der Waals surface area contributed by atoms with E-state index in [4.69, 9.17) is 5.73 Å². The third-order valence-electron chi connectivity index (χ3n) is 3.23. The van der Waals surface area contributed by atoms with Gasteiger partial charge in [-0.2, -0.15) is 0 Å². The average molecular weight is 237 g/mol. The van der Waals surface area contributed by atoms with E-state index in [-0.39, 0.29) is 0 Å². The summed E-state index contributed by atoms with van der Waals surface area (Å²) in [6.07, 6.45) is 6.45. The van der Waals surface area contributed by atoms with Gasteiger partial charge < -0.3 is 5.73 Å². The van der Waals surface area contributed by atoms with Crippen molar-refractivity contribution in [3.8, 4) is 0 Å². The highest BCUT2D eigenvalue weighted by molar-refractivity contribution is 7.85. The lowest BCUT2D eigenvalue weighted by atomic mass is 9.91. The average Bonchev–Trinajstić information content (AvgIpc) is 2.30. The van der Waals surface area contributed by atoms with E-state index in [0.717, 1.165) is 10.6 Å². The van der Waals surface area contributed by atoms with Crippen LogP contribution in [-0.4, -0.2) is 9.96 Å². The summed E-state index contributed by atoms with van der Waals surface area (Å²) in [5.74, 6) is 1.46. The molecule has 3 heteroatoms. The van der Waals surface area contributed by atoms with Crippen LogP contribution in [0.4, 0.5) is 5.69 Å². The molecule has 0 aromatic heterocycles. The summed E-state index contributed by atoms with van der Waals surface area (Å²) in [6.45, 7) is 0. The molecule has 1 unspecified atom stereocenters. The standard InChI is InChI=1S/C13H19NOS/c14-12-7-4-8-13(9-12)16(15)10-11-5-2-1-3-6-11/h4,7-9,11H,1-3,5-6,10,14H2. The molecular formula is C13H19NOS. The first kappa shape index (κ1) is 11.6. The number of hydrogen-bond donors (Lipinski definition) is 1. The van der Waals surface area contributed by atoms with Gasteiger partial charge in [0.25, 0.3) is 0 Å². The zero-order valence-corrected chi connectivity index (χ0v) is 10.3. The van der Waals surface area contributed by atoms with E-state index in [0.29, 0.717) is 11.6 Å². The predicted molar refractivity (Wildman–Crippen MR) is 68.7 cm³/mol. The Balaban J connectivity index is 1.97. The maximum absolute atomic E-state index is 12.1. The number of anilines is 1. The maximum Gasteiger partial charge on any atom is 0.0533 e. The fraction of sp³-hybridized carbons (Fsp3) is 0.538. The molecule has 0 saturated heterocycles. The Labute approximate surface area is 99.7 Å². The molecular weight excluding hydrogens is 218 g/mol. The minimum atomic E-state index is -0.871. The van der Waals surface area contributed by atoms with Gasteiger partial charge in [0.2, 0.25) is 0 Å². The normalized spacial score (nSPS) is 19.5. The van der Waals surface area contributed by atoms with Crippen LogP contribution >= 0.6 is 0 Å². The van der Waals surface area contributed by atoms with Crippen LogP contribution < -0.4 is 5.73 Å². The number of nitrogens with two attached hydrogens (primary N) is 1. The van der Waals surface area contributed by atoms with Crippen LogP contribution in [0.5, 0.6) is 0 Å². The third-order valence-corrected chi connectivity index (χ3v) is 4.79. The van der Waals surface area contributed by atoms with Gasteiger partial charge in [0.05, 0.1) is 10.8 Å². The van der Waals surface area contributed by atoms with Gasteiger partial charge in [-0.05, 0) is 37.0 Å². The van der Waals surface area contributed by atoms with Crippen LogP contribution in [-0.2, 0) is 10.8 Å². The zero-order valence-electron chi connectivity index (χ0n) is 9.52. The molecule has 16 heavy (non-hydrogen) atoms. The summed E-state index contributed by atoms with van der Waals surface area (Å²) in [5, 5.41) is 0. The molecule has 0 amide bonds. The number of rotatable bonds is 3. The second-order valence-electron chi connectivity index (χ2n) is 4.59. The quantitative estimate of drug-likeness (QED) is 0.821. The molecule has 0 aliphatic heterocycles. The first-order valence-electron chi connectivity index (χ1n) is 5.99. The molecule has 0 heterocycles. The third kappa shape index (κ3) is 3.08. The Hall–Kier alpha value is -0.830. The van der Waals surface area contributed by atoms with Gasteiger partial charge in [0.1, 0.15) is 0 Å². The molecule has 1 saturated carbocycles. The van der Waals surface area contributed by atoms with E-state index in [1.165, 1.54) is 32.1 Å². The largest absolute Gasteiger partial charge is 0.399 e. The zero-order chi connectivity index (χ0) is 11.4. The van der Waals surface area contributed by atoms with Crippen molar-refractivity contribution in [2.75, 3.05) is 11.5 Å². The molecule has 1 atom stereocenters. The molecule has 1 aromatic rings. The summed E-state index contributed by atoms with van der Waals surface area (Å²) in [6, 6.07) is 7.46. The molecule has 1 aliphatic carbocycles. The van der Waals surface area contributed by atoms with Crippen molar-refractivity contribution in [3.63, 3.8) is 0 Å². The molecule has 1 fully saturated rings. The highest BCUT2D eigenvalue weighted by Gasteiger charge is 2.17.